The maximum atomic E-state index is 13.1. The minimum atomic E-state index is -4.55. The van der Waals surface area contributed by atoms with Crippen LogP contribution in [0, 0.1) is 11.3 Å². The molecular weight excluding hydrogens is 355 g/mol. The van der Waals surface area contributed by atoms with Gasteiger partial charge in [0.1, 0.15) is 0 Å². The fourth-order valence-electron chi connectivity index (χ4n) is 3.35. The molecule has 7 heteroatoms. The molecule has 0 aromatic heterocycles. The minimum absolute atomic E-state index is 0.268. The molecule has 1 fully saturated rings. The predicted octanol–water partition coefficient (Wildman–Crippen LogP) is 4.79. The fraction of sp³-hybridized carbons (Fsp3) is 0.300. The van der Waals surface area contributed by atoms with E-state index >= 15 is 0 Å². The third kappa shape index (κ3) is 3.90. The number of rotatable bonds is 2. The Morgan fingerprint density at radius 2 is 1.63 bits per heavy atom. The molecule has 0 bridgehead atoms. The van der Waals surface area contributed by atoms with Crippen molar-refractivity contribution < 1.29 is 18.0 Å². The molecule has 1 heterocycles. The van der Waals surface area contributed by atoms with E-state index in [1.165, 1.54) is 23.1 Å². The molecule has 1 aliphatic heterocycles. The van der Waals surface area contributed by atoms with E-state index in [-0.39, 0.29) is 5.69 Å². The first-order valence-electron chi connectivity index (χ1n) is 8.55. The molecule has 0 unspecified atom stereocenters. The van der Waals surface area contributed by atoms with Gasteiger partial charge in [0, 0.05) is 13.1 Å². The van der Waals surface area contributed by atoms with Gasteiger partial charge in [-0.2, -0.15) is 18.4 Å². The van der Waals surface area contributed by atoms with Crippen LogP contribution in [0.1, 0.15) is 24.0 Å². The number of nitrogens with one attached hydrogen (secondary N) is 1. The van der Waals surface area contributed by atoms with Crippen LogP contribution in [0.15, 0.2) is 54.6 Å². The van der Waals surface area contributed by atoms with Crippen LogP contribution in [0.3, 0.4) is 0 Å². The van der Waals surface area contributed by atoms with E-state index in [1.54, 1.807) is 0 Å². The highest BCUT2D eigenvalue weighted by molar-refractivity contribution is 5.90. The van der Waals surface area contributed by atoms with Crippen molar-refractivity contribution in [1.29, 1.82) is 5.26 Å². The van der Waals surface area contributed by atoms with Crippen molar-refractivity contribution in [2.24, 2.45) is 0 Å². The summed E-state index contributed by atoms with van der Waals surface area (Å²) in [6.45, 7) is 0.588. The number of halogens is 3. The lowest BCUT2D eigenvalue weighted by molar-refractivity contribution is -0.136. The molecule has 1 N–H and O–H groups in total. The van der Waals surface area contributed by atoms with Crippen molar-refractivity contribution in [3.05, 3.63) is 65.7 Å². The Morgan fingerprint density at radius 3 is 2.22 bits per heavy atom. The summed E-state index contributed by atoms with van der Waals surface area (Å²) in [6, 6.07) is 16.0. The van der Waals surface area contributed by atoms with Gasteiger partial charge in [-0.15, -0.1) is 0 Å². The van der Waals surface area contributed by atoms with Gasteiger partial charge in [-0.25, -0.2) is 4.79 Å². The SMILES string of the molecule is N#CC1(c2ccccc2)CCN(C(=O)Nc2ccccc2C(F)(F)F)CC1. The molecule has 2 aromatic carbocycles. The second-order valence-electron chi connectivity index (χ2n) is 6.52. The summed E-state index contributed by atoms with van der Waals surface area (Å²) in [4.78, 5) is 13.9. The first-order valence-corrected chi connectivity index (χ1v) is 8.55. The van der Waals surface area contributed by atoms with E-state index in [1.807, 2.05) is 30.3 Å². The number of carbonyl (C=O) groups excluding carboxylic acids is 1. The molecule has 1 saturated heterocycles. The average Bonchev–Trinajstić information content (AvgIpc) is 2.68. The van der Waals surface area contributed by atoms with Gasteiger partial charge in [0.25, 0.3) is 0 Å². The maximum absolute atomic E-state index is 13.1. The number of alkyl halides is 3. The largest absolute Gasteiger partial charge is 0.418 e. The topological polar surface area (TPSA) is 56.1 Å². The van der Waals surface area contributed by atoms with Gasteiger partial charge < -0.3 is 10.2 Å². The number of urea groups is 1. The van der Waals surface area contributed by atoms with Crippen LogP contribution in [-0.2, 0) is 11.6 Å². The summed E-state index contributed by atoms with van der Waals surface area (Å²) in [5, 5.41) is 12.0. The lowest BCUT2D eigenvalue weighted by Crippen LogP contribution is -2.46. The molecule has 27 heavy (non-hydrogen) atoms. The zero-order valence-corrected chi connectivity index (χ0v) is 14.5. The number of para-hydroxylation sites is 1. The molecular formula is C20H18F3N3O. The number of amides is 2. The first kappa shape index (κ1) is 18.8. The normalized spacial score (nSPS) is 16.4. The zero-order valence-electron chi connectivity index (χ0n) is 14.5. The van der Waals surface area contributed by atoms with Gasteiger partial charge in [-0.1, -0.05) is 42.5 Å². The Balaban J connectivity index is 1.71. The van der Waals surface area contributed by atoms with Gasteiger partial charge in [-0.05, 0) is 30.5 Å². The Kier molecular flexibility index (Phi) is 5.08. The quantitative estimate of drug-likeness (QED) is 0.822. The zero-order chi connectivity index (χ0) is 19.5. The van der Waals surface area contributed by atoms with Crippen LogP contribution in [0.4, 0.5) is 23.7 Å². The van der Waals surface area contributed by atoms with E-state index in [9.17, 15) is 23.2 Å². The molecule has 0 saturated carbocycles. The standard InChI is InChI=1S/C20H18F3N3O/c21-20(22,23)16-8-4-5-9-17(16)25-18(27)26-12-10-19(14-24,11-13-26)15-6-2-1-3-7-15/h1-9H,10-13H2,(H,25,27). The highest BCUT2D eigenvalue weighted by atomic mass is 19.4. The monoisotopic (exact) mass is 373 g/mol. The molecule has 2 aromatic rings. The number of nitrogens with zero attached hydrogens (tertiary/aromatic N) is 2. The van der Waals surface area contributed by atoms with Crippen LogP contribution in [0.2, 0.25) is 0 Å². The summed E-state index contributed by atoms with van der Waals surface area (Å²) in [6.07, 6.45) is -3.68. The smallest absolute Gasteiger partial charge is 0.324 e. The van der Waals surface area contributed by atoms with Crippen molar-refractivity contribution in [3.63, 3.8) is 0 Å². The summed E-state index contributed by atoms with van der Waals surface area (Å²) in [5.74, 6) is 0. The Hall–Kier alpha value is -3.01. The number of carbonyl (C=O) groups is 1. The van der Waals surface area contributed by atoms with Crippen LogP contribution < -0.4 is 5.32 Å². The van der Waals surface area contributed by atoms with E-state index in [2.05, 4.69) is 11.4 Å². The van der Waals surface area contributed by atoms with Gasteiger partial charge in [0.2, 0.25) is 0 Å². The van der Waals surface area contributed by atoms with Gasteiger partial charge in [-0.3, -0.25) is 0 Å². The molecule has 0 radical (unpaired) electrons. The van der Waals surface area contributed by atoms with E-state index in [4.69, 9.17) is 0 Å². The maximum Gasteiger partial charge on any atom is 0.418 e. The minimum Gasteiger partial charge on any atom is -0.324 e. The highest BCUT2D eigenvalue weighted by Crippen LogP contribution is 2.36. The molecule has 0 spiro atoms. The number of hydrogen-bond acceptors (Lipinski definition) is 2. The second-order valence-corrected chi connectivity index (χ2v) is 6.52. The Morgan fingerprint density at radius 1 is 1.04 bits per heavy atom. The fourth-order valence-corrected chi connectivity index (χ4v) is 3.35. The van der Waals surface area contributed by atoms with Crippen molar-refractivity contribution in [2.45, 2.75) is 24.4 Å². The molecule has 140 valence electrons. The van der Waals surface area contributed by atoms with Crippen LogP contribution >= 0.6 is 0 Å². The Labute approximate surface area is 155 Å². The second kappa shape index (κ2) is 7.31. The van der Waals surface area contributed by atoms with Crippen molar-refractivity contribution in [3.8, 4) is 6.07 Å². The summed E-state index contributed by atoms with van der Waals surface area (Å²) in [7, 11) is 0. The summed E-state index contributed by atoms with van der Waals surface area (Å²) >= 11 is 0. The van der Waals surface area contributed by atoms with E-state index in [0.29, 0.717) is 25.9 Å². The number of hydrogen-bond donors (Lipinski definition) is 1. The number of piperidine rings is 1. The summed E-state index contributed by atoms with van der Waals surface area (Å²) < 4.78 is 39.2. The highest BCUT2D eigenvalue weighted by Gasteiger charge is 2.38. The number of likely N-dealkylation sites (tertiary alicyclic amines) is 1. The third-order valence-electron chi connectivity index (χ3n) is 4.92. The van der Waals surface area contributed by atoms with E-state index in [0.717, 1.165) is 11.6 Å². The Bertz CT molecular complexity index is 851. The molecule has 0 aliphatic carbocycles. The van der Waals surface area contributed by atoms with Crippen LogP contribution in [0.25, 0.3) is 0 Å². The molecule has 2 amide bonds. The van der Waals surface area contributed by atoms with Crippen molar-refractivity contribution >= 4 is 11.7 Å². The first-order chi connectivity index (χ1) is 12.9. The number of anilines is 1. The predicted molar refractivity (Wildman–Crippen MR) is 95.0 cm³/mol. The van der Waals surface area contributed by atoms with Crippen LogP contribution in [0.5, 0.6) is 0 Å². The summed E-state index contributed by atoms with van der Waals surface area (Å²) in [5.41, 5.74) is -0.932. The van der Waals surface area contributed by atoms with Crippen molar-refractivity contribution in [1.82, 2.24) is 4.90 Å². The molecule has 1 aliphatic rings. The molecule has 0 atom stereocenters. The van der Waals surface area contributed by atoms with Gasteiger partial charge in [0.05, 0.1) is 22.7 Å². The molecule has 3 rings (SSSR count). The lowest BCUT2D eigenvalue weighted by Gasteiger charge is -2.37. The average molecular weight is 373 g/mol. The number of nitriles is 1. The van der Waals surface area contributed by atoms with E-state index < -0.39 is 23.2 Å². The van der Waals surface area contributed by atoms with Crippen molar-refractivity contribution in [2.75, 3.05) is 18.4 Å². The molecule has 4 nitrogen and oxygen atoms in total. The number of benzene rings is 2. The van der Waals surface area contributed by atoms with Gasteiger partial charge >= 0.3 is 12.2 Å². The van der Waals surface area contributed by atoms with Crippen LogP contribution in [-0.4, -0.2) is 24.0 Å². The van der Waals surface area contributed by atoms with Gasteiger partial charge in [0.15, 0.2) is 0 Å². The lowest BCUT2D eigenvalue weighted by atomic mass is 9.74. The third-order valence-corrected chi connectivity index (χ3v) is 4.92.